The van der Waals surface area contributed by atoms with Crippen molar-refractivity contribution in [2.45, 2.75) is 0 Å². The fraction of sp³-hybridized carbons (Fsp3) is 0.100. The number of pyridine rings is 1. The molecule has 0 aliphatic carbocycles. The summed E-state index contributed by atoms with van der Waals surface area (Å²) in [6.07, 6.45) is 0. The van der Waals surface area contributed by atoms with Crippen LogP contribution in [0.3, 0.4) is 0 Å². The van der Waals surface area contributed by atoms with E-state index in [0.29, 0.717) is 22.4 Å². The summed E-state index contributed by atoms with van der Waals surface area (Å²) >= 11 is 0. The quantitative estimate of drug-likeness (QED) is 0.707. The molecular weight excluding hydrogens is 319 g/mol. The van der Waals surface area contributed by atoms with E-state index in [0.717, 1.165) is 11.3 Å². The van der Waals surface area contributed by atoms with Crippen molar-refractivity contribution in [1.29, 1.82) is 5.26 Å². The van der Waals surface area contributed by atoms with Crippen LogP contribution in [0.2, 0.25) is 0 Å². The Labute approximate surface area is 145 Å². The van der Waals surface area contributed by atoms with Gasteiger partial charge in [0.25, 0.3) is 0 Å². The summed E-state index contributed by atoms with van der Waals surface area (Å²) < 4.78 is 23.7. The number of halogens is 1. The lowest BCUT2D eigenvalue weighted by Gasteiger charge is -2.12. The summed E-state index contributed by atoms with van der Waals surface area (Å²) in [7, 11) is 3.07. The number of nitriles is 1. The van der Waals surface area contributed by atoms with Gasteiger partial charge in [0, 0.05) is 11.1 Å². The zero-order chi connectivity index (χ0) is 17.8. The standard InChI is InChI=1S/C20H15FN2O2/c1-24-16-9-5-14(6-10-16)19-11-17(13-3-7-15(21)8-4-13)18(12-22)20(23-19)25-2/h3-11H,1-2H3. The van der Waals surface area contributed by atoms with E-state index in [-0.39, 0.29) is 11.7 Å². The smallest absolute Gasteiger partial charge is 0.232 e. The number of benzene rings is 2. The van der Waals surface area contributed by atoms with E-state index in [1.807, 2.05) is 24.3 Å². The van der Waals surface area contributed by atoms with Gasteiger partial charge in [-0.3, -0.25) is 0 Å². The van der Waals surface area contributed by atoms with E-state index in [4.69, 9.17) is 9.47 Å². The molecule has 0 aliphatic rings. The van der Waals surface area contributed by atoms with Gasteiger partial charge in [0.1, 0.15) is 23.2 Å². The van der Waals surface area contributed by atoms with Gasteiger partial charge >= 0.3 is 0 Å². The first-order valence-electron chi connectivity index (χ1n) is 7.55. The van der Waals surface area contributed by atoms with Crippen LogP contribution in [0.5, 0.6) is 11.6 Å². The normalized spacial score (nSPS) is 10.2. The minimum absolute atomic E-state index is 0.232. The minimum Gasteiger partial charge on any atom is -0.497 e. The summed E-state index contributed by atoms with van der Waals surface area (Å²) in [5, 5.41) is 9.52. The van der Waals surface area contributed by atoms with Gasteiger partial charge < -0.3 is 9.47 Å². The fourth-order valence-corrected chi connectivity index (χ4v) is 2.54. The average Bonchev–Trinajstić information content (AvgIpc) is 2.67. The predicted molar refractivity (Wildman–Crippen MR) is 92.9 cm³/mol. The molecule has 0 aliphatic heterocycles. The van der Waals surface area contributed by atoms with Crippen molar-refractivity contribution in [1.82, 2.24) is 4.98 Å². The average molecular weight is 334 g/mol. The van der Waals surface area contributed by atoms with E-state index >= 15 is 0 Å². The molecule has 1 aromatic heterocycles. The molecule has 4 nitrogen and oxygen atoms in total. The number of hydrogen-bond donors (Lipinski definition) is 0. The highest BCUT2D eigenvalue weighted by Crippen LogP contribution is 2.33. The zero-order valence-electron chi connectivity index (χ0n) is 13.8. The van der Waals surface area contributed by atoms with Crippen molar-refractivity contribution in [2.75, 3.05) is 14.2 Å². The molecule has 3 aromatic rings. The van der Waals surface area contributed by atoms with Crippen LogP contribution >= 0.6 is 0 Å². The Kier molecular flexibility index (Phi) is 4.62. The molecule has 25 heavy (non-hydrogen) atoms. The lowest BCUT2D eigenvalue weighted by molar-refractivity contribution is 0.397. The maximum Gasteiger partial charge on any atom is 0.232 e. The third-order valence-corrected chi connectivity index (χ3v) is 3.83. The molecule has 0 atom stereocenters. The zero-order valence-corrected chi connectivity index (χ0v) is 13.8. The first kappa shape index (κ1) is 16.5. The van der Waals surface area contributed by atoms with Gasteiger partial charge in [0.15, 0.2) is 0 Å². The van der Waals surface area contributed by atoms with Gasteiger partial charge in [0.2, 0.25) is 5.88 Å². The van der Waals surface area contributed by atoms with Crippen molar-refractivity contribution in [3.63, 3.8) is 0 Å². The van der Waals surface area contributed by atoms with E-state index in [9.17, 15) is 9.65 Å². The molecule has 0 bridgehead atoms. The molecule has 0 spiro atoms. The van der Waals surface area contributed by atoms with Crippen LogP contribution in [0.15, 0.2) is 54.6 Å². The van der Waals surface area contributed by atoms with Crippen molar-refractivity contribution < 1.29 is 13.9 Å². The third kappa shape index (κ3) is 3.29. The SMILES string of the molecule is COc1ccc(-c2cc(-c3ccc(F)cc3)c(C#N)c(OC)n2)cc1. The number of hydrogen-bond acceptors (Lipinski definition) is 4. The summed E-state index contributed by atoms with van der Waals surface area (Å²) in [5.41, 5.74) is 3.17. The largest absolute Gasteiger partial charge is 0.497 e. The molecule has 0 amide bonds. The summed E-state index contributed by atoms with van der Waals surface area (Å²) in [6, 6.07) is 17.3. The molecule has 5 heteroatoms. The maximum absolute atomic E-state index is 13.2. The molecule has 1 heterocycles. The van der Waals surface area contributed by atoms with E-state index in [2.05, 4.69) is 11.1 Å². The minimum atomic E-state index is -0.335. The molecule has 124 valence electrons. The van der Waals surface area contributed by atoms with Crippen molar-refractivity contribution in [3.8, 4) is 40.1 Å². The molecule has 0 N–H and O–H groups in total. The number of nitrogens with zero attached hydrogens (tertiary/aromatic N) is 2. The molecule has 2 aromatic carbocycles. The van der Waals surface area contributed by atoms with Gasteiger partial charge in [0.05, 0.1) is 19.9 Å². The highest BCUT2D eigenvalue weighted by Gasteiger charge is 2.16. The highest BCUT2D eigenvalue weighted by atomic mass is 19.1. The Morgan fingerprint density at radius 3 is 2.12 bits per heavy atom. The highest BCUT2D eigenvalue weighted by molar-refractivity contribution is 5.77. The Hall–Kier alpha value is -3.39. The second-order valence-corrected chi connectivity index (χ2v) is 5.29. The monoisotopic (exact) mass is 334 g/mol. The second-order valence-electron chi connectivity index (χ2n) is 5.29. The number of aromatic nitrogens is 1. The molecule has 0 radical (unpaired) electrons. The van der Waals surface area contributed by atoms with Gasteiger partial charge in [-0.1, -0.05) is 12.1 Å². The molecule has 0 saturated carbocycles. The molecule has 0 saturated heterocycles. The lowest BCUT2D eigenvalue weighted by atomic mass is 9.98. The molecule has 3 rings (SSSR count). The van der Waals surface area contributed by atoms with Crippen molar-refractivity contribution in [3.05, 3.63) is 66.0 Å². The van der Waals surface area contributed by atoms with E-state index in [1.165, 1.54) is 19.2 Å². The van der Waals surface area contributed by atoms with Crippen LogP contribution < -0.4 is 9.47 Å². The van der Waals surface area contributed by atoms with Gasteiger partial charge in [-0.15, -0.1) is 0 Å². The van der Waals surface area contributed by atoms with Crippen molar-refractivity contribution >= 4 is 0 Å². The van der Waals surface area contributed by atoms with Crippen molar-refractivity contribution in [2.24, 2.45) is 0 Å². The molecule has 0 unspecified atom stereocenters. The Balaban J connectivity index is 2.19. The molecule has 0 fully saturated rings. The van der Waals surface area contributed by atoms with E-state index < -0.39 is 0 Å². The molecular formula is C20H15FN2O2. The fourth-order valence-electron chi connectivity index (χ4n) is 2.54. The summed E-state index contributed by atoms with van der Waals surface area (Å²) in [6.45, 7) is 0. The Morgan fingerprint density at radius 2 is 1.56 bits per heavy atom. The van der Waals surface area contributed by atoms with E-state index in [1.54, 1.807) is 25.3 Å². The van der Waals surface area contributed by atoms with Crippen LogP contribution in [0.4, 0.5) is 4.39 Å². The number of ether oxygens (including phenoxy) is 2. The van der Waals surface area contributed by atoms with Crippen LogP contribution in [0, 0.1) is 17.1 Å². The number of rotatable bonds is 4. The first-order chi connectivity index (χ1) is 12.2. The first-order valence-corrected chi connectivity index (χ1v) is 7.55. The summed E-state index contributed by atoms with van der Waals surface area (Å²) in [4.78, 5) is 4.43. The van der Waals surface area contributed by atoms with Gasteiger partial charge in [-0.25, -0.2) is 9.37 Å². The number of methoxy groups -OCH3 is 2. The predicted octanol–water partition coefficient (Wildman–Crippen LogP) is 4.44. The van der Waals surface area contributed by atoms with Crippen LogP contribution in [-0.2, 0) is 0 Å². The third-order valence-electron chi connectivity index (χ3n) is 3.83. The second kappa shape index (κ2) is 7.02. The summed E-state index contributed by atoms with van der Waals surface area (Å²) in [5.74, 6) is 0.636. The maximum atomic E-state index is 13.2. The topological polar surface area (TPSA) is 55.1 Å². The lowest BCUT2D eigenvalue weighted by Crippen LogP contribution is -1.98. The Morgan fingerprint density at radius 1 is 0.920 bits per heavy atom. The van der Waals surface area contributed by atoms with Crippen LogP contribution in [-0.4, -0.2) is 19.2 Å². The van der Waals surface area contributed by atoms with Gasteiger partial charge in [-0.2, -0.15) is 5.26 Å². The van der Waals surface area contributed by atoms with Crippen LogP contribution in [0.1, 0.15) is 5.56 Å². The van der Waals surface area contributed by atoms with Gasteiger partial charge in [-0.05, 0) is 48.0 Å². The van der Waals surface area contributed by atoms with Crippen LogP contribution in [0.25, 0.3) is 22.4 Å². The Bertz CT molecular complexity index is 930.